The van der Waals surface area contributed by atoms with Crippen LogP contribution in [0, 0.1) is 5.92 Å². The van der Waals surface area contributed by atoms with E-state index in [9.17, 15) is 4.79 Å². The summed E-state index contributed by atoms with van der Waals surface area (Å²) in [7, 11) is 2.00. The van der Waals surface area contributed by atoms with Crippen LogP contribution in [-0.4, -0.2) is 61.5 Å². The van der Waals surface area contributed by atoms with Crippen molar-refractivity contribution in [3.63, 3.8) is 0 Å². The Morgan fingerprint density at radius 1 is 1.44 bits per heavy atom. The molecule has 0 aromatic rings. The molecule has 1 fully saturated rings. The molecule has 0 aliphatic carbocycles. The van der Waals surface area contributed by atoms with E-state index in [1.165, 1.54) is 12.8 Å². The number of carbonyl (C=O) groups is 1. The minimum absolute atomic E-state index is 0.0320. The molecule has 1 heterocycles. The van der Waals surface area contributed by atoms with Crippen molar-refractivity contribution in [1.29, 1.82) is 0 Å². The van der Waals surface area contributed by atoms with Crippen LogP contribution < -0.4 is 5.32 Å². The van der Waals surface area contributed by atoms with Gasteiger partial charge < -0.3 is 10.2 Å². The monoisotopic (exact) mass is 255 g/mol. The molecule has 4 heteroatoms. The second-order valence-electron chi connectivity index (χ2n) is 5.25. The highest BCUT2D eigenvalue weighted by atomic mass is 16.2. The van der Waals surface area contributed by atoms with Gasteiger partial charge in [-0.1, -0.05) is 0 Å². The lowest BCUT2D eigenvalue weighted by molar-refractivity contribution is -0.136. The predicted octanol–water partition coefficient (Wildman–Crippen LogP) is 1.17. The van der Waals surface area contributed by atoms with E-state index in [-0.39, 0.29) is 11.9 Å². The van der Waals surface area contributed by atoms with Gasteiger partial charge in [0.15, 0.2) is 0 Å². The summed E-state index contributed by atoms with van der Waals surface area (Å²) >= 11 is 0. The van der Waals surface area contributed by atoms with Gasteiger partial charge in [0.05, 0.1) is 6.04 Å². The number of nitrogens with one attached hydrogen (secondary N) is 1. The standard InChI is InChI=1S/C14H29N3O/c1-5-16(6-2)14(18)12(3)17-9-7-8-13(11-17)10-15-4/h12-13,15H,5-11H2,1-4H3. The molecule has 0 spiro atoms. The van der Waals surface area contributed by atoms with Crippen LogP contribution in [0.3, 0.4) is 0 Å². The van der Waals surface area contributed by atoms with Gasteiger partial charge in [0.25, 0.3) is 0 Å². The summed E-state index contributed by atoms with van der Waals surface area (Å²) in [6.07, 6.45) is 2.49. The third-order valence-corrected chi connectivity index (χ3v) is 4.02. The molecule has 0 bridgehead atoms. The van der Waals surface area contributed by atoms with Crippen LogP contribution in [0.4, 0.5) is 0 Å². The average Bonchev–Trinajstić information content (AvgIpc) is 2.40. The van der Waals surface area contributed by atoms with E-state index in [0.717, 1.165) is 32.7 Å². The summed E-state index contributed by atoms with van der Waals surface area (Å²) in [6, 6.07) is 0.0320. The van der Waals surface area contributed by atoms with E-state index < -0.39 is 0 Å². The first kappa shape index (κ1) is 15.4. The highest BCUT2D eigenvalue weighted by Crippen LogP contribution is 2.18. The van der Waals surface area contributed by atoms with Crippen molar-refractivity contribution >= 4 is 5.91 Å². The SMILES string of the molecule is CCN(CC)C(=O)C(C)N1CCCC(CNC)C1. The summed E-state index contributed by atoms with van der Waals surface area (Å²) < 4.78 is 0. The maximum absolute atomic E-state index is 12.3. The molecular formula is C14H29N3O. The van der Waals surface area contributed by atoms with Gasteiger partial charge in [0.1, 0.15) is 0 Å². The molecule has 1 saturated heterocycles. The van der Waals surface area contributed by atoms with Crippen LogP contribution in [0.2, 0.25) is 0 Å². The molecule has 1 N–H and O–H groups in total. The lowest BCUT2D eigenvalue weighted by Gasteiger charge is -2.37. The average molecular weight is 255 g/mol. The molecule has 0 radical (unpaired) electrons. The number of piperidine rings is 1. The fraction of sp³-hybridized carbons (Fsp3) is 0.929. The number of rotatable bonds is 6. The van der Waals surface area contributed by atoms with E-state index in [1.807, 2.05) is 25.8 Å². The zero-order valence-electron chi connectivity index (χ0n) is 12.4. The normalized spacial score (nSPS) is 22.8. The number of nitrogens with zero attached hydrogens (tertiary/aromatic N) is 2. The quantitative estimate of drug-likeness (QED) is 0.774. The minimum Gasteiger partial charge on any atom is -0.342 e. The van der Waals surface area contributed by atoms with Crippen LogP contribution in [0.1, 0.15) is 33.6 Å². The highest BCUT2D eigenvalue weighted by molar-refractivity contribution is 5.81. The van der Waals surface area contributed by atoms with Crippen molar-refractivity contribution in [3.8, 4) is 0 Å². The van der Waals surface area contributed by atoms with Crippen LogP contribution in [0.5, 0.6) is 0 Å². The van der Waals surface area contributed by atoms with Crippen LogP contribution in [0.15, 0.2) is 0 Å². The van der Waals surface area contributed by atoms with Crippen molar-refractivity contribution in [2.24, 2.45) is 5.92 Å². The molecule has 1 rings (SSSR count). The first-order chi connectivity index (χ1) is 8.63. The number of likely N-dealkylation sites (N-methyl/N-ethyl adjacent to an activating group) is 1. The van der Waals surface area contributed by atoms with E-state index in [1.54, 1.807) is 0 Å². The Morgan fingerprint density at radius 3 is 2.67 bits per heavy atom. The summed E-state index contributed by atoms with van der Waals surface area (Å²) in [5, 5.41) is 3.25. The van der Waals surface area contributed by atoms with Crippen LogP contribution in [0.25, 0.3) is 0 Å². The van der Waals surface area contributed by atoms with Gasteiger partial charge in [0.2, 0.25) is 5.91 Å². The molecule has 106 valence electrons. The predicted molar refractivity (Wildman–Crippen MR) is 75.6 cm³/mol. The van der Waals surface area contributed by atoms with Crippen molar-refractivity contribution in [2.45, 2.75) is 39.7 Å². The third kappa shape index (κ3) is 3.95. The molecule has 0 saturated carbocycles. The van der Waals surface area contributed by atoms with Gasteiger partial charge in [-0.2, -0.15) is 0 Å². The van der Waals surface area contributed by atoms with Gasteiger partial charge in [-0.3, -0.25) is 9.69 Å². The molecule has 18 heavy (non-hydrogen) atoms. The summed E-state index contributed by atoms with van der Waals surface area (Å²) in [5.74, 6) is 0.973. The summed E-state index contributed by atoms with van der Waals surface area (Å²) in [6.45, 7) is 11.0. The van der Waals surface area contributed by atoms with Gasteiger partial charge in [0, 0.05) is 19.6 Å². The second kappa shape index (κ2) is 7.74. The Hall–Kier alpha value is -0.610. The maximum Gasteiger partial charge on any atom is 0.239 e. The molecule has 0 aromatic carbocycles. The number of hydrogen-bond acceptors (Lipinski definition) is 3. The Morgan fingerprint density at radius 2 is 2.11 bits per heavy atom. The Kier molecular flexibility index (Phi) is 6.65. The van der Waals surface area contributed by atoms with Crippen molar-refractivity contribution < 1.29 is 4.79 Å². The number of amides is 1. The number of hydrogen-bond donors (Lipinski definition) is 1. The highest BCUT2D eigenvalue weighted by Gasteiger charge is 2.28. The van der Waals surface area contributed by atoms with Crippen molar-refractivity contribution in [2.75, 3.05) is 39.8 Å². The molecule has 1 aliphatic rings. The first-order valence-electron chi connectivity index (χ1n) is 7.31. The molecule has 0 aromatic heterocycles. The Bertz CT molecular complexity index is 251. The zero-order valence-corrected chi connectivity index (χ0v) is 12.4. The molecule has 2 atom stereocenters. The molecule has 4 nitrogen and oxygen atoms in total. The van der Waals surface area contributed by atoms with Crippen molar-refractivity contribution in [1.82, 2.24) is 15.1 Å². The number of likely N-dealkylation sites (tertiary alicyclic amines) is 1. The number of carbonyl (C=O) groups excluding carboxylic acids is 1. The first-order valence-corrected chi connectivity index (χ1v) is 7.31. The lowest BCUT2D eigenvalue weighted by atomic mass is 9.96. The largest absolute Gasteiger partial charge is 0.342 e. The third-order valence-electron chi connectivity index (χ3n) is 4.02. The van der Waals surface area contributed by atoms with E-state index in [0.29, 0.717) is 5.92 Å². The summed E-state index contributed by atoms with van der Waals surface area (Å²) in [4.78, 5) is 16.6. The van der Waals surface area contributed by atoms with E-state index in [4.69, 9.17) is 0 Å². The van der Waals surface area contributed by atoms with Gasteiger partial charge in [-0.05, 0) is 59.7 Å². The fourth-order valence-electron chi connectivity index (χ4n) is 2.86. The van der Waals surface area contributed by atoms with Crippen molar-refractivity contribution in [3.05, 3.63) is 0 Å². The molecular weight excluding hydrogens is 226 g/mol. The van der Waals surface area contributed by atoms with Crippen LogP contribution >= 0.6 is 0 Å². The molecule has 2 unspecified atom stereocenters. The Labute approximate surface area is 112 Å². The van der Waals surface area contributed by atoms with E-state index >= 15 is 0 Å². The summed E-state index contributed by atoms with van der Waals surface area (Å²) in [5.41, 5.74) is 0. The molecule has 1 aliphatic heterocycles. The van der Waals surface area contributed by atoms with Gasteiger partial charge >= 0.3 is 0 Å². The maximum atomic E-state index is 12.3. The minimum atomic E-state index is 0.0320. The van der Waals surface area contributed by atoms with E-state index in [2.05, 4.69) is 17.1 Å². The zero-order chi connectivity index (χ0) is 13.5. The second-order valence-corrected chi connectivity index (χ2v) is 5.25. The lowest BCUT2D eigenvalue weighted by Crippen LogP contribution is -2.51. The Balaban J connectivity index is 2.54. The smallest absolute Gasteiger partial charge is 0.239 e. The topological polar surface area (TPSA) is 35.6 Å². The van der Waals surface area contributed by atoms with Gasteiger partial charge in [-0.15, -0.1) is 0 Å². The van der Waals surface area contributed by atoms with Gasteiger partial charge in [-0.25, -0.2) is 0 Å². The molecule has 1 amide bonds. The van der Waals surface area contributed by atoms with Crippen LogP contribution in [-0.2, 0) is 4.79 Å². The fourth-order valence-corrected chi connectivity index (χ4v) is 2.86.